The zero-order valence-electron chi connectivity index (χ0n) is 45.3. The van der Waals surface area contributed by atoms with E-state index in [4.69, 9.17) is 73.6 Å². The molecule has 483 valence electrons. The van der Waals surface area contributed by atoms with Gasteiger partial charge in [-0.05, 0) is 51.2 Å². The van der Waals surface area contributed by atoms with Crippen LogP contribution in [0.5, 0.6) is 23.0 Å². The largest absolute Gasteiger partial charge is 3.00 e. The molecule has 40 heteroatoms. The SMILES string of the molecule is CN1CCN(Cc2occc(=O)c2[O-])CCN(C)CCN(Cc2occc(=O)c2[O-])CC1.CN1CCN(Cc2occc(=O)c2[O-])CCN(C)CCN(Cc2occc(=O)c2[O-])CC1.O.O.[Co+2].[Co+2].[Gd+3].[O-][Cl+3]([O-])([O-])[O-].[O-][Cl+3]([O-])([O-])[O-].[O-][Cl+3]([O-])([O-])[O-]. The standard InChI is InChI=1S/2C22H32N4O6.3ClHO4.2Co.Gd.2H2O/c2*1-23-5-9-25(15-19-21(29)17(27)3-13-31-19)11-7-24(2)8-12-26(10-6-23)16-20-22(30)18(28)4-14-32-20;3*2-1(3,4)5;;;;;/h2*3-4,13-14,29-30H,5-12,15-16H2,1-2H3;3*(H,2,3,4,5);;;;2*1H2/q;;;;;2*+2;+3;;/p-7. The van der Waals surface area contributed by atoms with E-state index in [0.29, 0.717) is 78.5 Å². The van der Waals surface area contributed by atoms with Gasteiger partial charge in [-0.1, -0.05) is 0 Å². The van der Waals surface area contributed by atoms with Crippen molar-refractivity contribution in [3.8, 4) is 23.0 Å². The molecule has 0 atom stereocenters. The third-order valence-corrected chi connectivity index (χ3v) is 11.5. The molecule has 6 heterocycles. The summed E-state index contributed by atoms with van der Waals surface area (Å²) in [6, 6.07) is 4.58. The molecule has 0 unspecified atom stereocenters. The van der Waals surface area contributed by atoms with Gasteiger partial charge in [0.05, 0.1) is 51.2 Å². The Hall–Kier alpha value is -2.67. The monoisotopic (exact) mass is 1500 g/mol. The Balaban J connectivity index is -0.000000584. The van der Waals surface area contributed by atoms with Crippen molar-refractivity contribution >= 4 is 0 Å². The van der Waals surface area contributed by atoms with Crippen LogP contribution in [0.4, 0.5) is 0 Å². The third kappa shape index (κ3) is 40.7. The van der Waals surface area contributed by atoms with E-state index in [-0.39, 0.29) is 107 Å². The minimum atomic E-state index is -4.94. The van der Waals surface area contributed by atoms with Gasteiger partial charge in [-0.15, -0.1) is 30.7 Å². The molecule has 34 nitrogen and oxygen atoms in total. The molecule has 0 saturated carbocycles. The molecule has 0 aromatic carbocycles. The van der Waals surface area contributed by atoms with Crippen LogP contribution < -0.4 is 98.0 Å². The maximum atomic E-state index is 12.1. The summed E-state index contributed by atoms with van der Waals surface area (Å²) in [4.78, 5) is 63.7. The molecule has 3 radical (unpaired) electrons. The maximum Gasteiger partial charge on any atom is 3.00 e. The van der Waals surface area contributed by atoms with Crippen LogP contribution in [0.1, 0.15) is 23.0 Å². The molecule has 2 aliphatic rings. The van der Waals surface area contributed by atoms with E-state index in [2.05, 4.69) is 39.2 Å². The number of halogens is 3. The number of likely N-dealkylation sites (N-methyl/N-ethyl adjacent to an activating group) is 4. The Bertz CT molecular complexity index is 2260. The molecule has 2 saturated heterocycles. The molecule has 0 spiro atoms. The van der Waals surface area contributed by atoms with Crippen molar-refractivity contribution in [1.82, 2.24) is 39.2 Å². The smallest absolute Gasteiger partial charge is 0.868 e. The van der Waals surface area contributed by atoms with Crippen LogP contribution in [0.25, 0.3) is 0 Å². The van der Waals surface area contributed by atoms with E-state index < -0.39 is 75.4 Å². The summed E-state index contributed by atoms with van der Waals surface area (Å²) in [7, 11) is -6.79. The minimum Gasteiger partial charge on any atom is -0.868 e. The number of hydrogen-bond acceptors (Lipinski definition) is 32. The fraction of sp³-hybridized carbons (Fsp3) is 0.545. The molecule has 0 bridgehead atoms. The molecular weight excluding hydrogens is 1440 g/mol. The summed E-state index contributed by atoms with van der Waals surface area (Å²) < 4.78 is 123. The first-order valence-electron chi connectivity index (χ1n) is 23.3. The first-order chi connectivity index (χ1) is 36.7. The van der Waals surface area contributed by atoms with Crippen molar-refractivity contribution in [2.75, 3.05) is 133 Å². The number of rotatable bonds is 8. The zero-order chi connectivity index (χ0) is 59.7. The van der Waals surface area contributed by atoms with E-state index in [9.17, 15) is 39.6 Å². The third-order valence-electron chi connectivity index (χ3n) is 11.5. The Morgan fingerprint density at radius 2 is 0.464 bits per heavy atom. The normalized spacial score (nSPS) is 16.5. The molecule has 0 amide bonds. The molecular formula is C44H64Cl3Co2GdN8O26. The number of hydrogen-bond donors (Lipinski definition) is 0. The van der Waals surface area contributed by atoms with Gasteiger partial charge in [0.15, 0.2) is 21.7 Å². The molecule has 84 heavy (non-hydrogen) atoms. The summed E-state index contributed by atoms with van der Waals surface area (Å²) in [5.74, 6) is -1.67. The van der Waals surface area contributed by atoms with Gasteiger partial charge in [-0.2, -0.15) is 0 Å². The minimum absolute atomic E-state index is 0. The van der Waals surface area contributed by atoms with Gasteiger partial charge >= 0.3 is 73.5 Å². The van der Waals surface area contributed by atoms with E-state index in [1.807, 2.05) is 28.2 Å². The van der Waals surface area contributed by atoms with Gasteiger partial charge in [0.1, 0.15) is 23.0 Å². The van der Waals surface area contributed by atoms with Crippen molar-refractivity contribution < 1.29 is 209 Å². The molecule has 2 aliphatic heterocycles. The Labute approximate surface area is 539 Å². The van der Waals surface area contributed by atoms with Gasteiger partial charge in [-0.3, -0.25) is 38.8 Å². The predicted molar refractivity (Wildman–Crippen MR) is 236 cm³/mol. The van der Waals surface area contributed by atoms with Crippen molar-refractivity contribution in [2.24, 2.45) is 0 Å². The Morgan fingerprint density at radius 3 is 0.595 bits per heavy atom. The first kappa shape index (κ1) is 87.8. The predicted octanol–water partition coefficient (Wildman–Crippen LogP) is -18.1. The molecule has 4 N–H and O–H groups in total. The summed E-state index contributed by atoms with van der Waals surface area (Å²) in [6.45, 7) is 12.9. The van der Waals surface area contributed by atoms with Gasteiger partial charge in [0.2, 0.25) is 0 Å². The fourth-order valence-corrected chi connectivity index (χ4v) is 7.05. The van der Waals surface area contributed by atoms with Crippen LogP contribution in [-0.4, -0.2) is 183 Å². The van der Waals surface area contributed by atoms with E-state index in [0.717, 1.165) is 76.6 Å². The zero-order valence-corrected chi connectivity index (χ0v) is 51.9. The summed E-state index contributed by atoms with van der Waals surface area (Å²) in [5.41, 5.74) is -2.20. The fourth-order valence-electron chi connectivity index (χ4n) is 7.05. The van der Waals surface area contributed by atoms with E-state index >= 15 is 0 Å². The second-order valence-electron chi connectivity index (χ2n) is 17.6. The molecule has 0 aliphatic carbocycles. The van der Waals surface area contributed by atoms with Crippen molar-refractivity contribution in [1.29, 1.82) is 0 Å². The van der Waals surface area contributed by atoms with Gasteiger partial charge < -0.3 is 68.6 Å². The van der Waals surface area contributed by atoms with Crippen molar-refractivity contribution in [3.63, 3.8) is 0 Å². The first-order valence-corrected chi connectivity index (χ1v) is 27.0. The quantitative estimate of drug-likeness (QED) is 0.158. The molecule has 4 aromatic heterocycles. The van der Waals surface area contributed by atoms with Gasteiger partial charge in [-0.25, -0.2) is 55.9 Å². The van der Waals surface area contributed by atoms with Crippen LogP contribution >= 0.6 is 0 Å². The molecule has 4 aromatic rings. The average molecular weight is 1500 g/mol. The average Bonchev–Trinajstić information content (AvgIpc) is 3.33. The van der Waals surface area contributed by atoms with Crippen LogP contribution in [0.2, 0.25) is 0 Å². The van der Waals surface area contributed by atoms with Crippen LogP contribution in [0, 0.1) is 70.7 Å². The van der Waals surface area contributed by atoms with Crippen LogP contribution in [0.15, 0.2) is 86.2 Å². The Kier molecular flexibility index (Phi) is 45.8. The molecule has 2 fully saturated rings. The summed E-state index contributed by atoms with van der Waals surface area (Å²) in [5, 5.41) is 48.3. The van der Waals surface area contributed by atoms with Gasteiger partial charge in [0, 0.05) is 129 Å². The van der Waals surface area contributed by atoms with E-state index in [1.54, 1.807) is 0 Å². The second-order valence-corrected chi connectivity index (χ2v) is 19.9. The second kappa shape index (κ2) is 43.9. The topological polar surface area (TPSA) is 579 Å². The summed E-state index contributed by atoms with van der Waals surface area (Å²) in [6.07, 6.45) is 5.07. The van der Waals surface area contributed by atoms with Crippen molar-refractivity contribution in [2.45, 2.75) is 26.2 Å². The van der Waals surface area contributed by atoms with Crippen LogP contribution in [0.3, 0.4) is 0 Å². The Morgan fingerprint density at radius 1 is 0.333 bits per heavy atom. The van der Waals surface area contributed by atoms with Crippen molar-refractivity contribution in [3.05, 3.63) is 113 Å². The number of nitrogens with zero attached hydrogens (tertiary/aromatic N) is 8. The van der Waals surface area contributed by atoms with Gasteiger partial charge in [0.25, 0.3) is 0 Å². The molecule has 6 rings (SSSR count). The van der Waals surface area contributed by atoms with Crippen LogP contribution in [-0.2, 0) is 59.7 Å². The summed E-state index contributed by atoms with van der Waals surface area (Å²) >= 11 is 0. The maximum absolute atomic E-state index is 12.1. The van der Waals surface area contributed by atoms with E-state index in [1.165, 1.54) is 25.1 Å².